The molecule has 27 heavy (non-hydrogen) atoms. The lowest BCUT2D eigenvalue weighted by Gasteiger charge is -2.55. The minimum absolute atomic E-state index is 0.103. The number of hydrogen-bond acceptors (Lipinski definition) is 6. The van der Waals surface area contributed by atoms with Crippen molar-refractivity contribution in [2.24, 2.45) is 17.8 Å². The molecule has 0 radical (unpaired) electrons. The summed E-state index contributed by atoms with van der Waals surface area (Å²) in [5, 5.41) is 23.8. The van der Waals surface area contributed by atoms with Gasteiger partial charge >= 0.3 is 0 Å². The highest BCUT2D eigenvalue weighted by molar-refractivity contribution is 7.15. The Morgan fingerprint density at radius 2 is 1.81 bits per heavy atom. The number of nitro benzene ring substituents is 1. The minimum Gasteiger partial charge on any atom is -0.296 e. The maximum Gasteiger partial charge on any atom is 0.270 e. The molecule has 0 aliphatic heterocycles. The smallest absolute Gasteiger partial charge is 0.270 e. The third-order valence-corrected chi connectivity index (χ3v) is 7.54. The van der Waals surface area contributed by atoms with E-state index in [-0.39, 0.29) is 16.7 Å². The van der Waals surface area contributed by atoms with Crippen molar-refractivity contribution in [3.8, 4) is 0 Å². The van der Waals surface area contributed by atoms with E-state index in [1.54, 1.807) is 6.07 Å². The molecule has 4 fully saturated rings. The number of carbonyl (C=O) groups is 1. The molecule has 6 rings (SSSR count). The molecule has 4 aliphatic rings. The zero-order chi connectivity index (χ0) is 18.6. The van der Waals surface area contributed by atoms with Gasteiger partial charge in [-0.2, -0.15) is 0 Å². The largest absolute Gasteiger partial charge is 0.296 e. The van der Waals surface area contributed by atoms with Crippen molar-refractivity contribution in [3.63, 3.8) is 0 Å². The zero-order valence-electron chi connectivity index (χ0n) is 14.8. The van der Waals surface area contributed by atoms with Crippen LogP contribution in [0, 0.1) is 27.9 Å². The van der Waals surface area contributed by atoms with E-state index >= 15 is 0 Å². The maximum atomic E-state index is 12.5. The number of anilines is 1. The van der Waals surface area contributed by atoms with E-state index in [9.17, 15) is 14.9 Å². The Bertz CT molecular complexity index is 890. The number of hydrogen-bond donors (Lipinski definition) is 1. The molecule has 1 N–H and O–H groups in total. The van der Waals surface area contributed by atoms with Crippen molar-refractivity contribution >= 4 is 28.1 Å². The molecule has 4 bridgehead atoms. The molecule has 0 saturated heterocycles. The topological polar surface area (TPSA) is 98.0 Å². The summed E-state index contributed by atoms with van der Waals surface area (Å²) >= 11 is 1.47. The Balaban J connectivity index is 1.35. The van der Waals surface area contributed by atoms with Gasteiger partial charge in [-0.1, -0.05) is 17.4 Å². The van der Waals surface area contributed by atoms with Crippen LogP contribution in [-0.2, 0) is 5.41 Å². The van der Waals surface area contributed by atoms with Crippen molar-refractivity contribution in [1.29, 1.82) is 0 Å². The fourth-order valence-corrected chi connectivity index (χ4v) is 6.75. The summed E-state index contributed by atoms with van der Waals surface area (Å²) in [5.41, 5.74) is 0.297. The van der Waals surface area contributed by atoms with Gasteiger partial charge in [0.25, 0.3) is 11.6 Å². The van der Waals surface area contributed by atoms with E-state index in [0.717, 1.165) is 22.8 Å². The summed E-state index contributed by atoms with van der Waals surface area (Å²) in [6.45, 7) is 0. The van der Waals surface area contributed by atoms with Crippen molar-refractivity contribution in [3.05, 3.63) is 45.0 Å². The van der Waals surface area contributed by atoms with Crippen LogP contribution >= 0.6 is 11.3 Å². The Labute approximate surface area is 160 Å². The second kappa shape index (κ2) is 6.09. The minimum atomic E-state index is -0.507. The third-order valence-electron chi connectivity index (χ3n) is 6.46. The fourth-order valence-electron chi connectivity index (χ4n) is 5.79. The van der Waals surface area contributed by atoms with Crippen LogP contribution in [0.4, 0.5) is 10.8 Å². The highest BCUT2D eigenvalue weighted by Gasteiger charge is 2.53. The molecule has 0 spiro atoms. The predicted octanol–water partition coefficient (Wildman–Crippen LogP) is 4.17. The second-order valence-corrected chi connectivity index (χ2v) is 9.35. The SMILES string of the molecule is O=C(Nc1nnc(C23CC4CC(CC(C4)C2)C3)s1)c1cccc([N+](=O)[O-])c1. The summed E-state index contributed by atoms with van der Waals surface area (Å²) in [7, 11) is 0. The quantitative estimate of drug-likeness (QED) is 0.630. The molecular formula is C19H20N4O3S. The van der Waals surface area contributed by atoms with Crippen molar-refractivity contribution in [2.75, 3.05) is 5.32 Å². The maximum absolute atomic E-state index is 12.5. The molecule has 8 heteroatoms. The van der Waals surface area contributed by atoms with Gasteiger partial charge in [0.15, 0.2) is 0 Å². The fraction of sp³-hybridized carbons (Fsp3) is 0.526. The van der Waals surface area contributed by atoms with Crippen LogP contribution in [0.1, 0.15) is 53.9 Å². The zero-order valence-corrected chi connectivity index (χ0v) is 15.6. The monoisotopic (exact) mass is 384 g/mol. The van der Waals surface area contributed by atoms with Crippen molar-refractivity contribution < 1.29 is 9.72 Å². The van der Waals surface area contributed by atoms with E-state index in [1.165, 1.54) is 68.1 Å². The number of nitrogens with one attached hydrogen (secondary N) is 1. The number of benzene rings is 1. The average Bonchev–Trinajstić information content (AvgIpc) is 3.10. The molecule has 4 saturated carbocycles. The first-order chi connectivity index (χ1) is 13.0. The van der Waals surface area contributed by atoms with E-state index in [2.05, 4.69) is 15.5 Å². The molecule has 0 atom stereocenters. The van der Waals surface area contributed by atoms with Crippen LogP contribution < -0.4 is 5.32 Å². The number of aromatic nitrogens is 2. The van der Waals surface area contributed by atoms with E-state index in [4.69, 9.17) is 0 Å². The van der Waals surface area contributed by atoms with Crippen molar-refractivity contribution in [2.45, 2.75) is 43.9 Å². The number of rotatable bonds is 4. The highest BCUT2D eigenvalue weighted by atomic mass is 32.1. The van der Waals surface area contributed by atoms with Crippen LogP contribution in [0.25, 0.3) is 0 Å². The first-order valence-corrected chi connectivity index (χ1v) is 10.2. The van der Waals surface area contributed by atoms with Gasteiger partial charge in [-0.25, -0.2) is 0 Å². The predicted molar refractivity (Wildman–Crippen MR) is 101 cm³/mol. The highest BCUT2D eigenvalue weighted by Crippen LogP contribution is 2.61. The van der Waals surface area contributed by atoms with Crippen LogP contribution in [0.3, 0.4) is 0 Å². The number of carbonyl (C=O) groups excluding carboxylic acids is 1. The molecule has 1 heterocycles. The van der Waals surface area contributed by atoms with E-state index in [0.29, 0.717) is 5.13 Å². The normalized spacial score (nSPS) is 31.0. The Hall–Kier alpha value is -2.35. The number of non-ortho nitro benzene ring substituents is 1. The van der Waals surface area contributed by atoms with Gasteiger partial charge < -0.3 is 0 Å². The van der Waals surface area contributed by atoms with Crippen LogP contribution in [-0.4, -0.2) is 21.0 Å². The lowest BCUT2D eigenvalue weighted by Crippen LogP contribution is -2.48. The standard InChI is InChI=1S/C19H20N4O3S/c24-16(14-2-1-3-15(7-14)23(25)26)20-18-22-21-17(27-18)19-8-11-4-12(9-19)6-13(5-11)10-19/h1-3,7,11-13H,4-6,8-10H2,(H,20,22,24). The molecule has 140 valence electrons. The Morgan fingerprint density at radius 1 is 1.15 bits per heavy atom. The van der Waals surface area contributed by atoms with Gasteiger partial charge in [-0.3, -0.25) is 20.2 Å². The number of nitro groups is 1. The first kappa shape index (κ1) is 16.8. The summed E-state index contributed by atoms with van der Waals surface area (Å²) in [6, 6.07) is 5.71. The van der Waals surface area contributed by atoms with Crippen molar-refractivity contribution in [1.82, 2.24) is 10.2 Å². The summed E-state index contributed by atoms with van der Waals surface area (Å²) in [6.07, 6.45) is 7.71. The van der Waals surface area contributed by atoms with Gasteiger partial charge in [0.2, 0.25) is 5.13 Å². The molecule has 7 nitrogen and oxygen atoms in total. The Kier molecular flexibility index (Phi) is 3.79. The third kappa shape index (κ3) is 2.92. The molecule has 1 amide bonds. The lowest BCUT2D eigenvalue weighted by atomic mass is 9.50. The van der Waals surface area contributed by atoms with E-state index < -0.39 is 10.8 Å². The molecule has 1 aromatic carbocycles. The lowest BCUT2D eigenvalue weighted by molar-refractivity contribution is -0.384. The van der Waals surface area contributed by atoms with Gasteiger partial charge in [-0.05, 0) is 62.3 Å². The van der Waals surface area contributed by atoms with E-state index in [1.807, 2.05) is 0 Å². The average molecular weight is 384 g/mol. The Morgan fingerprint density at radius 3 is 2.44 bits per heavy atom. The van der Waals surface area contributed by atoms with Crippen LogP contribution in [0.15, 0.2) is 24.3 Å². The molecular weight excluding hydrogens is 364 g/mol. The first-order valence-electron chi connectivity index (χ1n) is 9.40. The molecule has 2 aromatic rings. The van der Waals surface area contributed by atoms with Crippen LogP contribution in [0.5, 0.6) is 0 Å². The molecule has 1 aromatic heterocycles. The second-order valence-electron chi connectivity index (χ2n) is 8.37. The number of nitrogens with zero attached hydrogens (tertiary/aromatic N) is 3. The van der Waals surface area contributed by atoms with Gasteiger partial charge in [0.05, 0.1) is 4.92 Å². The molecule has 0 unspecified atom stereocenters. The summed E-state index contributed by atoms with van der Waals surface area (Å²) < 4.78 is 0. The van der Waals surface area contributed by atoms with Gasteiger partial charge in [0.1, 0.15) is 5.01 Å². The van der Waals surface area contributed by atoms with Gasteiger partial charge in [-0.15, -0.1) is 10.2 Å². The van der Waals surface area contributed by atoms with Gasteiger partial charge in [0, 0.05) is 23.1 Å². The summed E-state index contributed by atoms with van der Waals surface area (Å²) in [4.78, 5) is 22.8. The summed E-state index contributed by atoms with van der Waals surface area (Å²) in [5.74, 6) is 2.07. The molecule has 4 aliphatic carbocycles. The number of amides is 1. The van der Waals surface area contributed by atoms with Crippen LogP contribution in [0.2, 0.25) is 0 Å².